The second-order valence-electron chi connectivity index (χ2n) is 7.00. The van der Waals surface area contributed by atoms with E-state index in [1.807, 2.05) is 78.9 Å². The largest absolute Gasteiger partial charge is 0.495 e. The van der Waals surface area contributed by atoms with Gasteiger partial charge in [0.1, 0.15) is 11.6 Å². The molecule has 5 aromatic rings. The van der Waals surface area contributed by atoms with Gasteiger partial charge in [0.15, 0.2) is 0 Å². The van der Waals surface area contributed by atoms with Crippen LogP contribution in [-0.2, 0) is 0 Å². The lowest BCUT2D eigenvalue weighted by Crippen LogP contribution is -2.13. The van der Waals surface area contributed by atoms with Crippen LogP contribution in [-0.4, -0.2) is 23.0 Å². The Bertz CT molecular complexity index is 1350. The fourth-order valence-electron chi connectivity index (χ4n) is 3.67. The van der Waals surface area contributed by atoms with Crippen molar-refractivity contribution in [3.8, 4) is 17.1 Å². The number of nitrogens with zero attached hydrogens (tertiary/aromatic N) is 1. The maximum absolute atomic E-state index is 13.0. The second kappa shape index (κ2) is 7.37. The standard InChI is InChI=1S/C25H19N3O2/c1-30-23-19-10-3-2-7-16(19)13-14-20(23)25(29)26-18-9-6-8-17(15-18)24-27-21-11-4-5-12-22(21)28-24/h2-15H,1H3,(H,26,29)(H,27,28). The van der Waals surface area contributed by atoms with Crippen LogP contribution in [0.15, 0.2) is 84.9 Å². The maximum Gasteiger partial charge on any atom is 0.259 e. The zero-order chi connectivity index (χ0) is 20.5. The van der Waals surface area contributed by atoms with E-state index in [0.29, 0.717) is 17.0 Å². The van der Waals surface area contributed by atoms with E-state index in [9.17, 15) is 4.79 Å². The predicted molar refractivity (Wildman–Crippen MR) is 120 cm³/mol. The molecule has 1 amide bonds. The number of rotatable bonds is 4. The molecule has 4 aromatic carbocycles. The fraction of sp³-hybridized carbons (Fsp3) is 0.0400. The van der Waals surface area contributed by atoms with Crippen molar-refractivity contribution in [3.63, 3.8) is 0 Å². The Morgan fingerprint density at radius 2 is 1.77 bits per heavy atom. The highest BCUT2D eigenvalue weighted by Gasteiger charge is 2.16. The fourth-order valence-corrected chi connectivity index (χ4v) is 3.67. The summed E-state index contributed by atoms with van der Waals surface area (Å²) in [6.45, 7) is 0. The van der Waals surface area contributed by atoms with Crippen molar-refractivity contribution in [2.45, 2.75) is 0 Å². The Hall–Kier alpha value is -4.12. The van der Waals surface area contributed by atoms with Crippen molar-refractivity contribution in [2.24, 2.45) is 0 Å². The summed E-state index contributed by atoms with van der Waals surface area (Å²) < 4.78 is 5.57. The minimum Gasteiger partial charge on any atom is -0.495 e. The number of anilines is 1. The zero-order valence-corrected chi connectivity index (χ0v) is 16.3. The molecular weight excluding hydrogens is 374 g/mol. The Morgan fingerprint density at radius 1 is 0.933 bits per heavy atom. The zero-order valence-electron chi connectivity index (χ0n) is 16.3. The van der Waals surface area contributed by atoms with Crippen LogP contribution in [0.5, 0.6) is 5.75 Å². The van der Waals surface area contributed by atoms with Gasteiger partial charge in [0.25, 0.3) is 5.91 Å². The molecule has 0 bridgehead atoms. The lowest BCUT2D eigenvalue weighted by molar-refractivity contribution is 0.102. The van der Waals surface area contributed by atoms with Crippen molar-refractivity contribution in [2.75, 3.05) is 12.4 Å². The number of para-hydroxylation sites is 2. The van der Waals surface area contributed by atoms with Crippen LogP contribution in [0.3, 0.4) is 0 Å². The van der Waals surface area contributed by atoms with Crippen molar-refractivity contribution in [1.29, 1.82) is 0 Å². The van der Waals surface area contributed by atoms with Gasteiger partial charge in [-0.25, -0.2) is 4.98 Å². The third-order valence-electron chi connectivity index (χ3n) is 5.11. The average molecular weight is 393 g/mol. The van der Waals surface area contributed by atoms with Crippen molar-refractivity contribution < 1.29 is 9.53 Å². The van der Waals surface area contributed by atoms with E-state index in [0.717, 1.165) is 33.2 Å². The molecule has 0 saturated heterocycles. The molecule has 0 aliphatic heterocycles. The number of aromatic nitrogens is 2. The summed E-state index contributed by atoms with van der Waals surface area (Å²) in [5, 5.41) is 4.91. The van der Waals surface area contributed by atoms with Gasteiger partial charge in [0, 0.05) is 16.6 Å². The van der Waals surface area contributed by atoms with E-state index in [4.69, 9.17) is 4.74 Å². The number of benzene rings is 4. The molecule has 5 nitrogen and oxygen atoms in total. The molecule has 5 heteroatoms. The maximum atomic E-state index is 13.0. The number of ether oxygens (including phenoxy) is 1. The first-order valence-electron chi connectivity index (χ1n) is 9.65. The first-order valence-corrected chi connectivity index (χ1v) is 9.65. The molecule has 0 fully saturated rings. The lowest BCUT2D eigenvalue weighted by atomic mass is 10.0. The summed E-state index contributed by atoms with van der Waals surface area (Å²) in [4.78, 5) is 21.0. The molecule has 1 heterocycles. The van der Waals surface area contributed by atoms with Gasteiger partial charge in [-0.05, 0) is 35.7 Å². The number of amides is 1. The number of carbonyl (C=O) groups is 1. The van der Waals surface area contributed by atoms with Gasteiger partial charge in [-0.15, -0.1) is 0 Å². The Labute approximate surface area is 173 Å². The third kappa shape index (κ3) is 3.16. The van der Waals surface area contributed by atoms with Crippen LogP contribution in [0.25, 0.3) is 33.2 Å². The first-order chi connectivity index (χ1) is 14.7. The van der Waals surface area contributed by atoms with Crippen LogP contribution >= 0.6 is 0 Å². The number of methoxy groups -OCH3 is 1. The van der Waals surface area contributed by atoms with E-state index in [1.54, 1.807) is 13.2 Å². The molecule has 30 heavy (non-hydrogen) atoms. The molecule has 146 valence electrons. The smallest absolute Gasteiger partial charge is 0.259 e. The minimum atomic E-state index is -0.223. The molecule has 0 aliphatic carbocycles. The van der Waals surface area contributed by atoms with Crippen LogP contribution < -0.4 is 10.1 Å². The average Bonchev–Trinajstić information content (AvgIpc) is 3.23. The Morgan fingerprint density at radius 3 is 2.63 bits per heavy atom. The molecule has 0 aliphatic rings. The van der Waals surface area contributed by atoms with Gasteiger partial charge in [-0.2, -0.15) is 0 Å². The van der Waals surface area contributed by atoms with Gasteiger partial charge in [0.2, 0.25) is 0 Å². The number of carbonyl (C=O) groups excluding carboxylic acids is 1. The molecule has 2 N–H and O–H groups in total. The van der Waals surface area contributed by atoms with Crippen molar-refractivity contribution >= 4 is 33.4 Å². The van der Waals surface area contributed by atoms with Gasteiger partial charge in [-0.3, -0.25) is 4.79 Å². The molecular formula is C25H19N3O2. The van der Waals surface area contributed by atoms with Crippen LogP contribution in [0.2, 0.25) is 0 Å². The van der Waals surface area contributed by atoms with Crippen molar-refractivity contribution in [1.82, 2.24) is 9.97 Å². The van der Waals surface area contributed by atoms with Crippen LogP contribution in [0, 0.1) is 0 Å². The van der Waals surface area contributed by atoms with Crippen LogP contribution in [0.1, 0.15) is 10.4 Å². The number of imidazole rings is 1. The molecule has 0 unspecified atom stereocenters. The molecule has 1 aromatic heterocycles. The monoisotopic (exact) mass is 393 g/mol. The van der Waals surface area contributed by atoms with Gasteiger partial charge in [0.05, 0.1) is 23.7 Å². The van der Waals surface area contributed by atoms with E-state index < -0.39 is 0 Å². The minimum absolute atomic E-state index is 0.223. The highest BCUT2D eigenvalue weighted by Crippen LogP contribution is 2.30. The van der Waals surface area contributed by atoms with Crippen LogP contribution in [0.4, 0.5) is 5.69 Å². The Balaban J connectivity index is 1.47. The van der Waals surface area contributed by atoms with Gasteiger partial charge >= 0.3 is 0 Å². The summed E-state index contributed by atoms with van der Waals surface area (Å²) in [5.41, 5.74) is 3.96. The summed E-state index contributed by atoms with van der Waals surface area (Å²) in [5.74, 6) is 1.11. The first kappa shape index (κ1) is 17.9. The van der Waals surface area contributed by atoms with E-state index in [-0.39, 0.29) is 5.91 Å². The van der Waals surface area contributed by atoms with E-state index in [1.165, 1.54) is 0 Å². The predicted octanol–water partition coefficient (Wildman–Crippen LogP) is 5.64. The number of fused-ring (bicyclic) bond motifs is 2. The lowest BCUT2D eigenvalue weighted by Gasteiger charge is -2.12. The quantitative estimate of drug-likeness (QED) is 0.415. The second-order valence-corrected chi connectivity index (χ2v) is 7.00. The summed E-state index contributed by atoms with van der Waals surface area (Å²) in [7, 11) is 1.58. The van der Waals surface area contributed by atoms with Crippen molar-refractivity contribution in [3.05, 3.63) is 90.5 Å². The Kier molecular flexibility index (Phi) is 4.41. The molecule has 0 atom stereocenters. The SMILES string of the molecule is COc1c(C(=O)Nc2cccc(-c3nc4ccccc4[nH]3)c2)ccc2ccccc12. The molecule has 0 spiro atoms. The van der Waals surface area contributed by atoms with Gasteiger partial charge in [-0.1, -0.05) is 54.6 Å². The molecule has 0 saturated carbocycles. The number of hydrogen-bond acceptors (Lipinski definition) is 3. The third-order valence-corrected chi connectivity index (χ3v) is 5.11. The summed E-state index contributed by atoms with van der Waals surface area (Å²) in [6.07, 6.45) is 0. The number of H-pyrrole nitrogens is 1. The highest BCUT2D eigenvalue weighted by molar-refractivity contribution is 6.10. The number of aromatic amines is 1. The normalized spacial score (nSPS) is 11.0. The van der Waals surface area contributed by atoms with E-state index >= 15 is 0 Å². The highest BCUT2D eigenvalue weighted by atomic mass is 16.5. The topological polar surface area (TPSA) is 67.0 Å². The summed E-state index contributed by atoms with van der Waals surface area (Å²) in [6, 6.07) is 27.1. The molecule has 0 radical (unpaired) electrons. The number of nitrogens with one attached hydrogen (secondary N) is 2. The van der Waals surface area contributed by atoms with Gasteiger partial charge < -0.3 is 15.0 Å². The van der Waals surface area contributed by atoms with E-state index in [2.05, 4.69) is 15.3 Å². The number of hydrogen-bond donors (Lipinski definition) is 2. The summed E-state index contributed by atoms with van der Waals surface area (Å²) >= 11 is 0. The molecule has 5 rings (SSSR count).